The Bertz CT molecular complexity index is 855. The van der Waals surface area contributed by atoms with Crippen LogP contribution < -0.4 is 5.32 Å². The van der Waals surface area contributed by atoms with Crippen LogP contribution in [-0.2, 0) is 11.3 Å². The number of rotatable bonds is 3. The van der Waals surface area contributed by atoms with Crippen molar-refractivity contribution >= 4 is 54.4 Å². The third-order valence-corrected chi connectivity index (χ3v) is 4.87. The van der Waals surface area contributed by atoms with E-state index in [0.29, 0.717) is 6.54 Å². The maximum absolute atomic E-state index is 12.2. The van der Waals surface area contributed by atoms with Crippen molar-refractivity contribution in [3.8, 4) is 0 Å². The molecule has 0 atom stereocenters. The molecule has 0 aliphatic rings. The summed E-state index contributed by atoms with van der Waals surface area (Å²) in [6.07, 6.45) is 1.93. The maximum atomic E-state index is 12.2. The third kappa shape index (κ3) is 3.25. The van der Waals surface area contributed by atoms with E-state index in [9.17, 15) is 4.79 Å². The van der Waals surface area contributed by atoms with E-state index in [1.807, 2.05) is 60.2 Å². The molecule has 5 heteroatoms. The lowest BCUT2D eigenvalue weighted by molar-refractivity contribution is -0.116. The van der Waals surface area contributed by atoms with Gasteiger partial charge in [-0.25, -0.2) is 0 Å². The fraction of sp³-hybridized carbons (Fsp3) is 0.118. The van der Waals surface area contributed by atoms with Gasteiger partial charge in [-0.1, -0.05) is 31.9 Å². The lowest BCUT2D eigenvalue weighted by Gasteiger charge is -2.09. The molecule has 1 N–H and O–H groups in total. The molecule has 1 amide bonds. The van der Waals surface area contributed by atoms with Gasteiger partial charge in [-0.05, 0) is 55.0 Å². The normalized spacial score (nSPS) is 10.9. The Balaban J connectivity index is 1.76. The summed E-state index contributed by atoms with van der Waals surface area (Å²) in [5.74, 6) is -0.0397. The molecule has 3 nitrogen and oxygen atoms in total. The van der Waals surface area contributed by atoms with Crippen LogP contribution in [0.5, 0.6) is 0 Å². The maximum Gasteiger partial charge on any atom is 0.244 e. The molecule has 112 valence electrons. The second-order valence-electron chi connectivity index (χ2n) is 5.16. The van der Waals surface area contributed by atoms with E-state index in [4.69, 9.17) is 0 Å². The third-order valence-electron chi connectivity index (χ3n) is 3.49. The molecule has 3 aromatic rings. The van der Waals surface area contributed by atoms with Crippen LogP contribution in [0.15, 0.2) is 57.6 Å². The largest absolute Gasteiger partial charge is 0.338 e. The second kappa shape index (κ2) is 6.26. The summed E-state index contributed by atoms with van der Waals surface area (Å²) < 4.78 is 4.02. The summed E-state index contributed by atoms with van der Waals surface area (Å²) in [5, 5.41) is 4.05. The molecular formula is C17H14Br2N2O. The van der Waals surface area contributed by atoms with Crippen LogP contribution >= 0.6 is 31.9 Å². The molecule has 0 fully saturated rings. The molecule has 0 unspecified atom stereocenters. The first-order valence-electron chi connectivity index (χ1n) is 6.83. The second-order valence-corrected chi connectivity index (χ2v) is 6.93. The van der Waals surface area contributed by atoms with Crippen LogP contribution in [0.3, 0.4) is 0 Å². The predicted octanol–water partition coefficient (Wildman–Crippen LogP) is 5.11. The van der Waals surface area contributed by atoms with Crippen molar-refractivity contribution in [2.75, 3.05) is 5.32 Å². The molecule has 0 aliphatic carbocycles. The number of nitrogens with zero attached hydrogens (tertiary/aromatic N) is 1. The Morgan fingerprint density at radius 1 is 1.14 bits per heavy atom. The number of hydrogen-bond donors (Lipinski definition) is 1. The van der Waals surface area contributed by atoms with Crippen LogP contribution in [0, 0.1) is 6.92 Å². The first kappa shape index (κ1) is 15.3. The van der Waals surface area contributed by atoms with Crippen molar-refractivity contribution in [1.29, 1.82) is 0 Å². The molecule has 0 saturated carbocycles. The van der Waals surface area contributed by atoms with Crippen molar-refractivity contribution in [2.45, 2.75) is 13.5 Å². The molecule has 1 aromatic heterocycles. The van der Waals surface area contributed by atoms with Gasteiger partial charge >= 0.3 is 0 Å². The number of carbonyl (C=O) groups is 1. The molecule has 0 saturated heterocycles. The van der Waals surface area contributed by atoms with E-state index >= 15 is 0 Å². The van der Waals surface area contributed by atoms with Crippen LogP contribution in [-0.4, -0.2) is 10.5 Å². The molecule has 3 rings (SSSR count). The lowest BCUT2D eigenvalue weighted by atomic mass is 10.2. The van der Waals surface area contributed by atoms with E-state index < -0.39 is 0 Å². The van der Waals surface area contributed by atoms with Gasteiger partial charge in [0.1, 0.15) is 6.54 Å². The zero-order chi connectivity index (χ0) is 15.7. The number of benzene rings is 2. The lowest BCUT2D eigenvalue weighted by Crippen LogP contribution is -2.18. The minimum Gasteiger partial charge on any atom is -0.338 e. The van der Waals surface area contributed by atoms with Crippen LogP contribution in [0.4, 0.5) is 5.69 Å². The molecule has 1 heterocycles. The van der Waals surface area contributed by atoms with Gasteiger partial charge in [-0.15, -0.1) is 0 Å². The zero-order valence-electron chi connectivity index (χ0n) is 11.9. The monoisotopic (exact) mass is 420 g/mol. The highest BCUT2D eigenvalue weighted by Crippen LogP contribution is 2.22. The van der Waals surface area contributed by atoms with E-state index in [1.54, 1.807) is 0 Å². The van der Waals surface area contributed by atoms with Crippen molar-refractivity contribution in [3.05, 3.63) is 63.2 Å². The smallest absolute Gasteiger partial charge is 0.244 e. The van der Waals surface area contributed by atoms with Crippen LogP contribution in [0.25, 0.3) is 10.9 Å². The summed E-state index contributed by atoms with van der Waals surface area (Å²) in [6.45, 7) is 2.29. The average Bonchev–Trinajstić information content (AvgIpc) is 2.85. The van der Waals surface area contributed by atoms with Gasteiger partial charge in [-0.2, -0.15) is 0 Å². The fourth-order valence-electron chi connectivity index (χ4n) is 2.39. The number of amides is 1. The Kier molecular flexibility index (Phi) is 4.36. The van der Waals surface area contributed by atoms with Gasteiger partial charge in [0.05, 0.1) is 0 Å². The number of carbonyl (C=O) groups excluding carboxylic acids is 1. The molecule has 0 aliphatic heterocycles. The van der Waals surface area contributed by atoms with Crippen molar-refractivity contribution in [2.24, 2.45) is 0 Å². The highest BCUT2D eigenvalue weighted by Gasteiger charge is 2.07. The van der Waals surface area contributed by atoms with Gasteiger partial charge in [0.25, 0.3) is 0 Å². The van der Waals surface area contributed by atoms with E-state index in [0.717, 1.165) is 31.1 Å². The van der Waals surface area contributed by atoms with Crippen LogP contribution in [0.1, 0.15) is 5.56 Å². The van der Waals surface area contributed by atoms with Crippen molar-refractivity contribution in [3.63, 3.8) is 0 Å². The molecule has 2 aromatic carbocycles. The van der Waals surface area contributed by atoms with Gasteiger partial charge in [0, 0.05) is 31.7 Å². The molecule has 22 heavy (non-hydrogen) atoms. The minimum absolute atomic E-state index is 0.0397. The van der Waals surface area contributed by atoms with Gasteiger partial charge < -0.3 is 9.88 Å². The van der Waals surface area contributed by atoms with Crippen molar-refractivity contribution in [1.82, 2.24) is 4.57 Å². The zero-order valence-corrected chi connectivity index (χ0v) is 15.1. The Morgan fingerprint density at radius 3 is 2.73 bits per heavy atom. The van der Waals surface area contributed by atoms with E-state index in [-0.39, 0.29) is 5.91 Å². The topological polar surface area (TPSA) is 34.0 Å². The van der Waals surface area contributed by atoms with Gasteiger partial charge in [0.2, 0.25) is 5.91 Å². The summed E-state index contributed by atoms with van der Waals surface area (Å²) in [4.78, 5) is 12.2. The molecular weight excluding hydrogens is 408 g/mol. The summed E-state index contributed by atoms with van der Waals surface area (Å²) >= 11 is 6.91. The Labute approximate surface area is 145 Å². The highest BCUT2D eigenvalue weighted by molar-refractivity contribution is 9.10. The van der Waals surface area contributed by atoms with E-state index in [2.05, 4.69) is 37.2 Å². The van der Waals surface area contributed by atoms with Gasteiger partial charge in [0.15, 0.2) is 0 Å². The molecule has 0 radical (unpaired) electrons. The number of nitrogens with one attached hydrogen (secondary N) is 1. The molecule has 0 spiro atoms. The number of halogens is 2. The van der Waals surface area contributed by atoms with Crippen molar-refractivity contribution < 1.29 is 4.79 Å². The van der Waals surface area contributed by atoms with Gasteiger partial charge in [-0.3, -0.25) is 4.79 Å². The first-order valence-corrected chi connectivity index (χ1v) is 8.42. The SMILES string of the molecule is Cc1cc(NC(=O)Cn2ccc3cc(Br)ccc32)ccc1Br. The summed E-state index contributed by atoms with van der Waals surface area (Å²) in [7, 11) is 0. The average molecular weight is 422 g/mol. The fourth-order valence-corrected chi connectivity index (χ4v) is 3.01. The Hall–Kier alpha value is -1.59. The quantitative estimate of drug-likeness (QED) is 0.626. The molecule has 0 bridgehead atoms. The Morgan fingerprint density at radius 2 is 1.95 bits per heavy atom. The highest BCUT2D eigenvalue weighted by atomic mass is 79.9. The first-order chi connectivity index (χ1) is 10.5. The number of aromatic nitrogens is 1. The van der Waals surface area contributed by atoms with Crippen LogP contribution in [0.2, 0.25) is 0 Å². The van der Waals surface area contributed by atoms with E-state index in [1.165, 1.54) is 0 Å². The number of aryl methyl sites for hydroxylation is 1. The number of fused-ring (bicyclic) bond motifs is 1. The standard InChI is InChI=1S/C17H14Br2N2O/c1-11-8-14(3-4-15(11)19)20-17(22)10-21-7-6-12-9-13(18)2-5-16(12)21/h2-9H,10H2,1H3,(H,20,22). The summed E-state index contributed by atoms with van der Waals surface area (Å²) in [5.41, 5.74) is 2.95. The predicted molar refractivity (Wildman–Crippen MR) is 97.1 cm³/mol. The number of hydrogen-bond acceptors (Lipinski definition) is 1. The number of anilines is 1. The minimum atomic E-state index is -0.0397. The summed E-state index contributed by atoms with van der Waals surface area (Å²) in [6, 6.07) is 13.8.